The Kier molecular flexibility index (Phi) is 7.95. The van der Waals surface area contributed by atoms with Gasteiger partial charge in [0.15, 0.2) is 0 Å². The molecule has 3 aliphatic rings. The van der Waals surface area contributed by atoms with Crippen LogP contribution < -0.4 is 9.80 Å². The Morgan fingerprint density at radius 3 is 1.78 bits per heavy atom. The van der Waals surface area contributed by atoms with E-state index in [0.717, 1.165) is 39.6 Å². The molecule has 13 rings (SSSR count). The highest BCUT2D eigenvalue weighted by Gasteiger charge is 2.39. The lowest BCUT2D eigenvalue weighted by Crippen LogP contribution is -2.16. The van der Waals surface area contributed by atoms with Crippen molar-refractivity contribution in [3.8, 4) is 50.3 Å². The van der Waals surface area contributed by atoms with Crippen molar-refractivity contribution in [2.24, 2.45) is 0 Å². The number of anilines is 6. The minimum absolute atomic E-state index is 0.117. The molecule has 0 bridgehead atoms. The highest BCUT2D eigenvalue weighted by molar-refractivity contribution is 6.13. The minimum Gasteiger partial charge on any atom is -0.309 e. The Balaban J connectivity index is 1.01. The minimum atomic E-state index is -0.117. The monoisotopic (exact) mass is 817 g/mol. The molecule has 3 nitrogen and oxygen atoms in total. The highest BCUT2D eigenvalue weighted by atomic mass is 15.2. The molecule has 64 heavy (non-hydrogen) atoms. The van der Waals surface area contributed by atoms with Gasteiger partial charge in [-0.15, -0.1) is 0 Å². The Bertz CT molecular complexity index is 3550. The van der Waals surface area contributed by atoms with E-state index in [1.165, 1.54) is 78.0 Å². The summed E-state index contributed by atoms with van der Waals surface area (Å²) in [6.45, 7) is 4.73. The van der Waals surface area contributed by atoms with Crippen LogP contribution in [0.4, 0.5) is 34.1 Å². The van der Waals surface area contributed by atoms with Crippen LogP contribution in [0.3, 0.4) is 0 Å². The van der Waals surface area contributed by atoms with Gasteiger partial charge in [0.25, 0.3) is 0 Å². The van der Waals surface area contributed by atoms with Crippen LogP contribution in [0, 0.1) is 0 Å². The summed E-state index contributed by atoms with van der Waals surface area (Å²) >= 11 is 0. The van der Waals surface area contributed by atoms with Gasteiger partial charge in [-0.05, 0) is 99.6 Å². The van der Waals surface area contributed by atoms with E-state index >= 15 is 0 Å². The smallest absolute Gasteiger partial charge is 0.0641 e. The van der Waals surface area contributed by atoms with Crippen molar-refractivity contribution in [3.05, 3.63) is 235 Å². The van der Waals surface area contributed by atoms with Gasteiger partial charge in [0.1, 0.15) is 0 Å². The summed E-state index contributed by atoms with van der Waals surface area (Å²) in [4.78, 5) is 4.94. The molecule has 0 radical (unpaired) electrons. The second kappa shape index (κ2) is 13.9. The number of hydrogen-bond acceptors (Lipinski definition) is 2. The molecule has 0 spiro atoms. The van der Waals surface area contributed by atoms with E-state index in [4.69, 9.17) is 0 Å². The Hall–Kier alpha value is -8.14. The predicted molar refractivity (Wildman–Crippen MR) is 269 cm³/mol. The lowest BCUT2D eigenvalue weighted by Gasteiger charge is -2.30. The number of aromatic nitrogens is 1. The van der Waals surface area contributed by atoms with Crippen molar-refractivity contribution in [1.29, 1.82) is 0 Å². The van der Waals surface area contributed by atoms with E-state index in [2.05, 4.69) is 253 Å². The second-order valence-electron chi connectivity index (χ2n) is 17.7. The maximum Gasteiger partial charge on any atom is 0.0641 e. The molecule has 3 heterocycles. The molecule has 0 atom stereocenters. The number of nitrogens with zero attached hydrogens (tertiary/aromatic N) is 3. The Morgan fingerprint density at radius 2 is 0.969 bits per heavy atom. The maximum atomic E-state index is 2.52. The summed E-state index contributed by atoms with van der Waals surface area (Å²) < 4.78 is 2.50. The Morgan fingerprint density at radius 1 is 0.375 bits per heavy atom. The number of hydrogen-bond donors (Lipinski definition) is 0. The average Bonchev–Trinajstić information content (AvgIpc) is 3.68. The van der Waals surface area contributed by atoms with Crippen molar-refractivity contribution in [2.75, 3.05) is 9.80 Å². The number of rotatable bonds is 4. The van der Waals surface area contributed by atoms with Gasteiger partial charge >= 0.3 is 0 Å². The van der Waals surface area contributed by atoms with Crippen LogP contribution in [-0.4, -0.2) is 4.57 Å². The van der Waals surface area contributed by atoms with Gasteiger partial charge in [0.2, 0.25) is 0 Å². The second-order valence-corrected chi connectivity index (χ2v) is 17.7. The van der Waals surface area contributed by atoms with Gasteiger partial charge in [-0.3, -0.25) is 0 Å². The molecule has 9 aromatic carbocycles. The van der Waals surface area contributed by atoms with Crippen molar-refractivity contribution in [2.45, 2.75) is 19.3 Å². The normalized spacial score (nSPS) is 13.8. The van der Waals surface area contributed by atoms with Crippen LogP contribution in [0.5, 0.6) is 0 Å². The predicted octanol–water partition coefficient (Wildman–Crippen LogP) is 16.7. The Labute approximate surface area is 374 Å². The van der Waals surface area contributed by atoms with Gasteiger partial charge in [0.05, 0.1) is 34.0 Å². The van der Waals surface area contributed by atoms with E-state index in [-0.39, 0.29) is 5.41 Å². The fourth-order valence-corrected chi connectivity index (χ4v) is 11.0. The topological polar surface area (TPSA) is 11.4 Å². The molecule has 0 amide bonds. The van der Waals surface area contributed by atoms with E-state index in [0.29, 0.717) is 0 Å². The third kappa shape index (κ3) is 5.28. The lowest BCUT2D eigenvalue weighted by molar-refractivity contribution is 0.660. The summed E-state index contributed by atoms with van der Waals surface area (Å²) in [5.74, 6) is 0. The average molecular weight is 818 g/mol. The zero-order valence-corrected chi connectivity index (χ0v) is 35.7. The first kappa shape index (κ1) is 36.5. The molecule has 1 aromatic heterocycles. The molecule has 0 N–H and O–H groups in total. The standard InChI is InChI=1S/C61H43N3/c1-61(2)51-29-11-7-25-47(51)58-52(61)37-36-41-35-34-40-18-6-12-30-53(40)63(59(41)58)45-23-16-19-42(38-45)43-20-17-24-46(39-43)64-55-32-14-9-27-49(55)57-48-26-8-13-31-54(48)62(44-21-4-3-5-22-44)56-33-15-10-28-50(56)60(57)64/h3-39H,1-2H3. The highest BCUT2D eigenvalue weighted by Crippen LogP contribution is 2.58. The van der Waals surface area contributed by atoms with Gasteiger partial charge in [-0.25, -0.2) is 0 Å². The molecule has 0 unspecified atom stereocenters. The van der Waals surface area contributed by atoms with Crippen molar-refractivity contribution >= 4 is 57.2 Å². The van der Waals surface area contributed by atoms with E-state index in [1.807, 2.05) is 0 Å². The van der Waals surface area contributed by atoms with Crippen LogP contribution in [0.2, 0.25) is 0 Å². The number of fused-ring (bicyclic) bond motifs is 13. The number of benzene rings is 9. The zero-order chi connectivity index (χ0) is 42.5. The first-order valence-corrected chi connectivity index (χ1v) is 22.3. The summed E-state index contributed by atoms with van der Waals surface area (Å²) in [5, 5.41) is 1.23. The van der Waals surface area contributed by atoms with Crippen LogP contribution in [0.25, 0.3) is 73.4 Å². The molecule has 0 saturated heterocycles. The van der Waals surface area contributed by atoms with E-state index in [9.17, 15) is 0 Å². The summed E-state index contributed by atoms with van der Waals surface area (Å²) in [5.41, 5.74) is 24.1. The molecule has 302 valence electrons. The molecule has 0 saturated carbocycles. The zero-order valence-electron chi connectivity index (χ0n) is 35.7. The van der Waals surface area contributed by atoms with Crippen molar-refractivity contribution < 1.29 is 0 Å². The summed E-state index contributed by atoms with van der Waals surface area (Å²) in [6.07, 6.45) is 4.58. The quantitative estimate of drug-likeness (QED) is 0.175. The molecular formula is C61H43N3. The van der Waals surface area contributed by atoms with Crippen molar-refractivity contribution in [1.82, 2.24) is 4.57 Å². The first-order chi connectivity index (χ1) is 31.5. The van der Waals surface area contributed by atoms with Crippen molar-refractivity contribution in [3.63, 3.8) is 0 Å². The molecule has 1 aliphatic carbocycles. The van der Waals surface area contributed by atoms with Gasteiger partial charge in [-0.1, -0.05) is 178 Å². The molecule has 0 fully saturated rings. The van der Waals surface area contributed by atoms with Crippen LogP contribution >= 0.6 is 0 Å². The van der Waals surface area contributed by atoms with Crippen LogP contribution in [0.1, 0.15) is 36.1 Å². The summed E-state index contributed by atoms with van der Waals surface area (Å²) in [6, 6.07) is 78.2. The third-order valence-corrected chi connectivity index (χ3v) is 13.8. The van der Waals surface area contributed by atoms with E-state index < -0.39 is 0 Å². The van der Waals surface area contributed by atoms with Gasteiger partial charge in [0, 0.05) is 50.1 Å². The lowest BCUT2D eigenvalue weighted by atomic mass is 9.82. The molecular weight excluding hydrogens is 775 g/mol. The largest absolute Gasteiger partial charge is 0.309 e. The SMILES string of the molecule is CC1(C)c2ccccc2-c2c1ccc1c2N(c2cccc(-c3cccc(-n4c5c(c6ccccc64)-c4ccccc4N(c4ccccc4)c4ccccc4-5)c3)c2)c2ccccc2C=C1. The fraction of sp³-hybridized carbons (Fsp3) is 0.0492. The molecule has 10 aromatic rings. The molecule has 2 aliphatic heterocycles. The van der Waals surface area contributed by atoms with Gasteiger partial charge in [-0.2, -0.15) is 0 Å². The maximum absolute atomic E-state index is 2.52. The van der Waals surface area contributed by atoms with Gasteiger partial charge < -0.3 is 14.4 Å². The first-order valence-electron chi connectivity index (χ1n) is 22.3. The van der Waals surface area contributed by atoms with E-state index in [1.54, 1.807) is 0 Å². The van der Waals surface area contributed by atoms with Crippen LogP contribution in [-0.2, 0) is 5.41 Å². The van der Waals surface area contributed by atoms with Crippen LogP contribution in [0.15, 0.2) is 212 Å². The fourth-order valence-electron chi connectivity index (χ4n) is 11.0. The third-order valence-electron chi connectivity index (χ3n) is 13.8. The molecule has 3 heteroatoms. The number of para-hydroxylation sites is 5. The summed E-state index contributed by atoms with van der Waals surface area (Å²) in [7, 11) is 0.